The minimum absolute atomic E-state index is 0.0487. The molecule has 1 aromatic rings. The first-order valence-corrected chi connectivity index (χ1v) is 6.60. The fraction of sp³-hybridized carbons (Fsp3) is 0.375. The molecule has 0 bridgehead atoms. The van der Waals surface area contributed by atoms with Crippen LogP contribution < -0.4 is 16.0 Å². The molecular formula is C16H21NO2. The molecule has 1 aliphatic rings. The van der Waals surface area contributed by atoms with Gasteiger partial charge in [-0.05, 0) is 26.0 Å². The first kappa shape index (κ1) is 15.1. The highest BCUT2D eigenvalue weighted by atomic mass is 16.5. The maximum atomic E-state index is 12.1. The Bertz CT molecular complexity index is 687. The van der Waals surface area contributed by atoms with E-state index in [9.17, 15) is 4.79 Å². The smallest absolute Gasteiger partial charge is 0.192 e. The summed E-state index contributed by atoms with van der Waals surface area (Å²) in [6.45, 7) is 8.66. The highest BCUT2D eigenvalue weighted by Gasteiger charge is 2.06. The van der Waals surface area contributed by atoms with Crippen molar-refractivity contribution in [2.75, 3.05) is 7.11 Å². The Morgan fingerprint density at radius 3 is 2.63 bits per heavy atom. The summed E-state index contributed by atoms with van der Waals surface area (Å²) in [4.78, 5) is 12.1. The van der Waals surface area contributed by atoms with Crippen LogP contribution >= 0.6 is 0 Å². The predicted molar refractivity (Wildman–Crippen MR) is 79.2 cm³/mol. The molecule has 0 radical (unpaired) electrons. The number of ether oxygens (including phenoxy) is 1. The standard InChI is InChI=1S/C14H15NO2.C2H6/c1-4-15-9-10(2)14(16)11-7-5-6-8-12(17-3)13(11)15;1-2/h5,7-9H,4H2,1-3H3;1-2H3. The zero-order valence-electron chi connectivity index (χ0n) is 12.3. The van der Waals surface area contributed by atoms with E-state index in [4.69, 9.17) is 4.74 Å². The summed E-state index contributed by atoms with van der Waals surface area (Å²) in [6.07, 6.45) is 7.15. The molecule has 0 aromatic carbocycles. The van der Waals surface area contributed by atoms with Crippen molar-refractivity contribution >= 4 is 11.8 Å². The fourth-order valence-corrected chi connectivity index (χ4v) is 1.99. The number of pyridine rings is 1. The molecule has 0 aliphatic heterocycles. The molecule has 0 spiro atoms. The third-order valence-electron chi connectivity index (χ3n) is 2.85. The molecular weight excluding hydrogens is 238 g/mol. The topological polar surface area (TPSA) is 31.2 Å². The maximum absolute atomic E-state index is 12.1. The molecule has 0 atom stereocenters. The minimum Gasteiger partial charge on any atom is -0.494 e. The van der Waals surface area contributed by atoms with Gasteiger partial charge < -0.3 is 9.30 Å². The van der Waals surface area contributed by atoms with Gasteiger partial charge in [0.1, 0.15) is 0 Å². The summed E-state index contributed by atoms with van der Waals surface area (Å²) in [5.74, 6) is 0.670. The molecule has 0 fully saturated rings. The molecule has 1 aromatic heterocycles. The van der Waals surface area contributed by atoms with Gasteiger partial charge in [0.25, 0.3) is 0 Å². The lowest BCUT2D eigenvalue weighted by Gasteiger charge is -2.09. The van der Waals surface area contributed by atoms with Gasteiger partial charge in [-0.15, -0.1) is 5.73 Å². The van der Waals surface area contributed by atoms with E-state index in [0.29, 0.717) is 11.0 Å². The van der Waals surface area contributed by atoms with Crippen molar-refractivity contribution in [3.05, 3.63) is 50.4 Å². The van der Waals surface area contributed by atoms with E-state index in [1.165, 1.54) is 0 Å². The number of fused-ring (bicyclic) bond motifs is 1. The van der Waals surface area contributed by atoms with Crippen LogP contribution in [0.2, 0.25) is 0 Å². The largest absolute Gasteiger partial charge is 0.494 e. The number of hydrogen-bond donors (Lipinski definition) is 0. The van der Waals surface area contributed by atoms with E-state index in [1.807, 2.05) is 38.5 Å². The zero-order chi connectivity index (χ0) is 14.4. The summed E-state index contributed by atoms with van der Waals surface area (Å²) < 4.78 is 7.36. The second-order valence-electron chi connectivity index (χ2n) is 3.90. The van der Waals surface area contributed by atoms with E-state index in [1.54, 1.807) is 25.3 Å². The number of methoxy groups -OCH3 is 1. The average molecular weight is 259 g/mol. The van der Waals surface area contributed by atoms with Crippen LogP contribution in [0, 0.1) is 6.92 Å². The van der Waals surface area contributed by atoms with Gasteiger partial charge in [0.2, 0.25) is 0 Å². The normalized spacial score (nSPS) is 11.9. The Hall–Kier alpha value is -1.99. The van der Waals surface area contributed by atoms with Crippen molar-refractivity contribution in [1.82, 2.24) is 4.57 Å². The van der Waals surface area contributed by atoms with Gasteiger partial charge in [-0.3, -0.25) is 4.79 Å². The van der Waals surface area contributed by atoms with E-state index in [0.717, 1.165) is 17.5 Å². The molecule has 3 nitrogen and oxygen atoms in total. The van der Waals surface area contributed by atoms with Crippen LogP contribution in [0.5, 0.6) is 0 Å². The SMILES string of the molecule is CC.CCn1cc(C)c(=O)c2c1=C(OC)C=C=CC=2. The Balaban J connectivity index is 0.000000861. The number of rotatable bonds is 2. The van der Waals surface area contributed by atoms with Crippen LogP contribution in [0.25, 0.3) is 11.8 Å². The van der Waals surface area contributed by atoms with Gasteiger partial charge in [-0.2, -0.15) is 0 Å². The first-order valence-electron chi connectivity index (χ1n) is 6.60. The van der Waals surface area contributed by atoms with Crippen LogP contribution in [0.1, 0.15) is 26.3 Å². The molecule has 1 heterocycles. The monoisotopic (exact) mass is 259 g/mol. The quantitative estimate of drug-likeness (QED) is 0.753. The van der Waals surface area contributed by atoms with Crippen LogP contribution in [-0.2, 0) is 11.3 Å². The first-order chi connectivity index (χ1) is 9.19. The number of nitrogens with zero attached hydrogens (tertiary/aromatic N) is 1. The summed E-state index contributed by atoms with van der Waals surface area (Å²) in [5, 5.41) is 1.50. The Morgan fingerprint density at radius 1 is 1.37 bits per heavy atom. The summed E-state index contributed by atoms with van der Waals surface area (Å²) in [7, 11) is 1.60. The van der Waals surface area contributed by atoms with Crippen molar-refractivity contribution in [3.63, 3.8) is 0 Å². The predicted octanol–water partition coefficient (Wildman–Crippen LogP) is 1.46. The highest BCUT2D eigenvalue weighted by Crippen LogP contribution is 1.96. The molecule has 2 rings (SSSR count). The minimum atomic E-state index is 0.0487. The molecule has 0 amide bonds. The van der Waals surface area contributed by atoms with E-state index >= 15 is 0 Å². The van der Waals surface area contributed by atoms with E-state index < -0.39 is 0 Å². The molecule has 3 heteroatoms. The van der Waals surface area contributed by atoms with Gasteiger partial charge in [-0.25, -0.2) is 0 Å². The Kier molecular flexibility index (Phi) is 5.40. The van der Waals surface area contributed by atoms with Crippen molar-refractivity contribution < 1.29 is 4.74 Å². The lowest BCUT2D eigenvalue weighted by molar-refractivity contribution is 0.366. The van der Waals surface area contributed by atoms with Crippen molar-refractivity contribution in [2.24, 2.45) is 0 Å². The molecule has 0 saturated heterocycles. The molecule has 1 aliphatic carbocycles. The molecule has 102 valence electrons. The average Bonchev–Trinajstić information content (AvgIpc) is 2.67. The Labute approximate surface area is 113 Å². The third kappa shape index (κ3) is 2.88. The van der Waals surface area contributed by atoms with Gasteiger partial charge in [0.05, 0.1) is 17.7 Å². The van der Waals surface area contributed by atoms with E-state index in [-0.39, 0.29) is 5.43 Å². The second kappa shape index (κ2) is 6.81. The molecule has 0 saturated carbocycles. The molecule has 0 unspecified atom stereocenters. The maximum Gasteiger partial charge on any atom is 0.192 e. The van der Waals surface area contributed by atoms with Gasteiger partial charge >= 0.3 is 0 Å². The van der Waals surface area contributed by atoms with Crippen LogP contribution in [0.3, 0.4) is 0 Å². The van der Waals surface area contributed by atoms with E-state index in [2.05, 4.69) is 5.73 Å². The number of aromatic nitrogens is 1. The number of aryl methyl sites for hydroxylation is 2. The highest BCUT2D eigenvalue weighted by molar-refractivity contribution is 5.53. The summed E-state index contributed by atoms with van der Waals surface area (Å²) in [6, 6.07) is 0. The third-order valence-corrected chi connectivity index (χ3v) is 2.85. The lowest BCUT2D eigenvalue weighted by Crippen LogP contribution is -2.47. The summed E-state index contributed by atoms with van der Waals surface area (Å²) >= 11 is 0. The lowest BCUT2D eigenvalue weighted by atomic mass is 10.2. The number of hydrogen-bond acceptors (Lipinski definition) is 2. The molecule has 19 heavy (non-hydrogen) atoms. The van der Waals surface area contributed by atoms with Crippen molar-refractivity contribution in [3.8, 4) is 0 Å². The Morgan fingerprint density at radius 2 is 2.05 bits per heavy atom. The van der Waals surface area contributed by atoms with Crippen LogP contribution in [-0.4, -0.2) is 11.7 Å². The van der Waals surface area contributed by atoms with Crippen molar-refractivity contribution in [2.45, 2.75) is 34.2 Å². The zero-order valence-corrected chi connectivity index (χ0v) is 12.3. The summed E-state index contributed by atoms with van der Waals surface area (Å²) in [5.41, 5.74) is 3.77. The van der Waals surface area contributed by atoms with Crippen molar-refractivity contribution in [1.29, 1.82) is 0 Å². The molecule has 0 N–H and O–H groups in total. The second-order valence-corrected chi connectivity index (χ2v) is 3.90. The fourth-order valence-electron chi connectivity index (χ4n) is 1.99. The van der Waals surface area contributed by atoms with Crippen LogP contribution in [0.15, 0.2) is 28.9 Å². The van der Waals surface area contributed by atoms with Crippen LogP contribution in [0.4, 0.5) is 0 Å². The van der Waals surface area contributed by atoms with Gasteiger partial charge in [-0.1, -0.05) is 13.8 Å². The van der Waals surface area contributed by atoms with Gasteiger partial charge in [0.15, 0.2) is 11.2 Å². The van der Waals surface area contributed by atoms with Gasteiger partial charge in [0, 0.05) is 24.4 Å².